The molecule has 2 unspecified atom stereocenters. The zero-order valence-corrected chi connectivity index (χ0v) is 20.7. The Kier molecular flexibility index (Phi) is 7.48. The van der Waals surface area contributed by atoms with Crippen molar-refractivity contribution >= 4 is 33.5 Å². The fourth-order valence-electron chi connectivity index (χ4n) is 4.31. The van der Waals surface area contributed by atoms with E-state index in [0.717, 1.165) is 0 Å². The summed E-state index contributed by atoms with van der Waals surface area (Å²) in [7, 11) is -4.07. The first-order valence-electron chi connectivity index (χ1n) is 11.5. The Bertz CT molecular complexity index is 1260. The zero-order chi connectivity index (χ0) is 26.0. The number of nitrogens with one attached hydrogen (secondary N) is 1. The smallest absolute Gasteiger partial charge is 0.414 e. The van der Waals surface area contributed by atoms with Gasteiger partial charge in [-0.25, -0.2) is 9.18 Å². The minimum absolute atomic E-state index is 0.0330. The molecule has 0 saturated carbocycles. The van der Waals surface area contributed by atoms with Crippen LogP contribution in [0.15, 0.2) is 47.4 Å². The Morgan fingerprint density at radius 3 is 2.67 bits per heavy atom. The van der Waals surface area contributed by atoms with Gasteiger partial charge in [0.1, 0.15) is 18.0 Å². The van der Waals surface area contributed by atoms with Crippen molar-refractivity contribution in [2.75, 3.05) is 36.0 Å². The Morgan fingerprint density at radius 1 is 1.25 bits per heavy atom. The van der Waals surface area contributed by atoms with Crippen LogP contribution in [-0.4, -0.2) is 70.0 Å². The van der Waals surface area contributed by atoms with Gasteiger partial charge < -0.3 is 20.1 Å². The summed E-state index contributed by atoms with van der Waals surface area (Å²) in [6.07, 6.45) is -3.15. The number of cyclic esters (lactones) is 1. The number of aliphatic hydroxyl groups excluding tert-OH is 1. The topological polar surface area (TPSA) is 125 Å². The van der Waals surface area contributed by atoms with Crippen molar-refractivity contribution in [3.63, 3.8) is 0 Å². The van der Waals surface area contributed by atoms with Crippen molar-refractivity contribution < 1.29 is 36.4 Å². The number of anilines is 2. The molecule has 2 amide bonds. The number of aliphatic hydroxyl groups is 1. The Balaban J connectivity index is 1.40. The largest absolute Gasteiger partial charge is 0.442 e. The molecule has 0 radical (unpaired) electrons. The normalized spacial score (nSPS) is 22.4. The number of hydrogen-bond acceptors (Lipinski definition) is 8. The highest BCUT2D eigenvalue weighted by Crippen LogP contribution is 2.31. The number of hydrogen-bond donors (Lipinski definition) is 2. The Morgan fingerprint density at radius 2 is 2.00 bits per heavy atom. The molecule has 0 bridgehead atoms. The summed E-state index contributed by atoms with van der Waals surface area (Å²) >= 11 is 0. The number of carbonyl (C=O) groups is 2. The molecule has 4 rings (SSSR count). The molecule has 194 valence electrons. The molecule has 2 aliphatic heterocycles. The summed E-state index contributed by atoms with van der Waals surface area (Å²) in [6.45, 7) is 3.56. The van der Waals surface area contributed by atoms with Gasteiger partial charge in [0.2, 0.25) is 5.91 Å². The van der Waals surface area contributed by atoms with Crippen LogP contribution in [0.4, 0.5) is 20.6 Å². The van der Waals surface area contributed by atoms with Gasteiger partial charge >= 0.3 is 6.09 Å². The summed E-state index contributed by atoms with van der Waals surface area (Å²) in [5.41, 5.74) is 1.05. The van der Waals surface area contributed by atoms with Crippen LogP contribution in [0.5, 0.6) is 0 Å². The second-order valence-corrected chi connectivity index (χ2v) is 10.4. The van der Waals surface area contributed by atoms with Crippen molar-refractivity contribution in [1.82, 2.24) is 5.32 Å². The van der Waals surface area contributed by atoms with Crippen LogP contribution < -0.4 is 15.1 Å². The minimum Gasteiger partial charge on any atom is -0.442 e. The number of aryl methyl sites for hydroxylation is 1. The number of amides is 2. The van der Waals surface area contributed by atoms with E-state index in [1.807, 2.05) is 0 Å². The van der Waals surface area contributed by atoms with E-state index >= 15 is 4.39 Å². The minimum atomic E-state index is -4.07. The number of ether oxygens (including phenoxy) is 1. The number of halogens is 1. The van der Waals surface area contributed by atoms with Gasteiger partial charge in [0.05, 0.1) is 35.5 Å². The summed E-state index contributed by atoms with van der Waals surface area (Å²) in [6, 6.07) is 10.7. The molecule has 2 fully saturated rings. The predicted octanol–water partition coefficient (Wildman–Crippen LogP) is 1.94. The van der Waals surface area contributed by atoms with Gasteiger partial charge in [-0.2, -0.15) is 8.42 Å². The van der Waals surface area contributed by atoms with E-state index in [1.165, 1.54) is 30.0 Å². The molecule has 3 atom stereocenters. The average Bonchev–Trinajstić information content (AvgIpc) is 3.19. The third kappa shape index (κ3) is 5.61. The fourth-order valence-corrected chi connectivity index (χ4v) is 5.67. The first kappa shape index (κ1) is 25.9. The average molecular weight is 522 g/mol. The lowest BCUT2D eigenvalue weighted by molar-refractivity contribution is -0.119. The molecule has 10 nitrogen and oxygen atoms in total. The molecule has 12 heteroatoms. The Labute approximate surface area is 208 Å². The highest BCUT2D eigenvalue weighted by molar-refractivity contribution is 7.86. The molecular weight excluding hydrogens is 493 g/mol. The predicted molar refractivity (Wildman–Crippen MR) is 129 cm³/mol. The molecule has 0 aromatic heterocycles. The van der Waals surface area contributed by atoms with Gasteiger partial charge in [0, 0.05) is 20.0 Å². The Hall–Kier alpha value is -3.22. The van der Waals surface area contributed by atoms with E-state index in [-0.39, 0.29) is 49.1 Å². The molecule has 2 aromatic rings. The standard InChI is InChI=1S/C24H28FN3O7S/c1-15-5-3-4-6-23(15)36(32,33)35-22-9-10-27(14-21(22)30)20-8-7-17(11-19(20)25)28-13-18(34-24(28)31)12-26-16(2)29/h3-8,11,18,21-22,30H,9-10,12-14H2,1-2H3,(H,26,29)/t18-,21?,22?/m0/s1. The lowest BCUT2D eigenvalue weighted by Crippen LogP contribution is -2.48. The second-order valence-electron chi connectivity index (χ2n) is 8.85. The lowest BCUT2D eigenvalue weighted by atomic mass is 10.0. The summed E-state index contributed by atoms with van der Waals surface area (Å²) in [4.78, 5) is 26.2. The monoisotopic (exact) mass is 521 g/mol. The summed E-state index contributed by atoms with van der Waals surface area (Å²) < 4.78 is 51.0. The molecule has 0 aliphatic carbocycles. The van der Waals surface area contributed by atoms with E-state index < -0.39 is 40.3 Å². The van der Waals surface area contributed by atoms with Crippen molar-refractivity contribution in [2.45, 2.75) is 43.5 Å². The van der Waals surface area contributed by atoms with Crippen LogP contribution in [0.25, 0.3) is 0 Å². The van der Waals surface area contributed by atoms with Crippen LogP contribution in [0.2, 0.25) is 0 Å². The molecule has 0 spiro atoms. The first-order chi connectivity index (χ1) is 17.0. The van der Waals surface area contributed by atoms with Gasteiger partial charge in [0.15, 0.2) is 0 Å². The van der Waals surface area contributed by atoms with Crippen molar-refractivity contribution in [2.24, 2.45) is 0 Å². The maximum atomic E-state index is 15.0. The van der Waals surface area contributed by atoms with Crippen LogP contribution >= 0.6 is 0 Å². The molecule has 2 aliphatic rings. The van der Waals surface area contributed by atoms with Crippen molar-refractivity contribution in [3.05, 3.63) is 53.8 Å². The van der Waals surface area contributed by atoms with Crippen LogP contribution in [0.3, 0.4) is 0 Å². The number of benzene rings is 2. The zero-order valence-electron chi connectivity index (χ0n) is 19.9. The number of piperidine rings is 1. The lowest BCUT2D eigenvalue weighted by Gasteiger charge is -2.37. The third-order valence-corrected chi connectivity index (χ3v) is 7.67. The molecule has 36 heavy (non-hydrogen) atoms. The number of carbonyl (C=O) groups excluding carboxylic acids is 2. The maximum Gasteiger partial charge on any atom is 0.414 e. The van der Waals surface area contributed by atoms with Gasteiger partial charge in [-0.05, 0) is 43.2 Å². The van der Waals surface area contributed by atoms with E-state index in [4.69, 9.17) is 8.92 Å². The fraction of sp³-hybridized carbons (Fsp3) is 0.417. The van der Waals surface area contributed by atoms with E-state index in [1.54, 1.807) is 36.1 Å². The molecular formula is C24H28FN3O7S. The molecule has 2 heterocycles. The quantitative estimate of drug-likeness (QED) is 0.530. The van der Waals surface area contributed by atoms with Crippen molar-refractivity contribution in [3.8, 4) is 0 Å². The molecule has 2 N–H and O–H groups in total. The van der Waals surface area contributed by atoms with E-state index in [9.17, 15) is 23.1 Å². The molecule has 2 saturated heterocycles. The van der Waals surface area contributed by atoms with Crippen LogP contribution in [0, 0.1) is 12.7 Å². The highest BCUT2D eigenvalue weighted by atomic mass is 32.2. The van der Waals surface area contributed by atoms with E-state index in [2.05, 4.69) is 5.32 Å². The summed E-state index contributed by atoms with van der Waals surface area (Å²) in [5.74, 6) is -0.853. The highest BCUT2D eigenvalue weighted by Gasteiger charge is 2.35. The van der Waals surface area contributed by atoms with Crippen LogP contribution in [-0.2, 0) is 23.8 Å². The van der Waals surface area contributed by atoms with Gasteiger partial charge in [0.25, 0.3) is 10.1 Å². The number of β-amino-alcohol motifs (C(OH)–C–C–N with tert-alkyl or cyclic N) is 1. The van der Waals surface area contributed by atoms with Crippen molar-refractivity contribution in [1.29, 1.82) is 0 Å². The third-order valence-electron chi connectivity index (χ3n) is 6.17. The second kappa shape index (κ2) is 10.4. The van der Waals surface area contributed by atoms with Gasteiger partial charge in [-0.3, -0.25) is 13.9 Å². The SMILES string of the molecule is CC(=O)NC[C@H]1CN(c2ccc(N3CCC(OS(=O)(=O)c4ccccc4C)C(O)C3)c(F)c2)C(=O)O1. The first-order valence-corrected chi connectivity index (χ1v) is 12.9. The van der Waals surface area contributed by atoms with Gasteiger partial charge in [-0.1, -0.05) is 18.2 Å². The number of rotatable bonds is 7. The van der Waals surface area contributed by atoms with E-state index in [0.29, 0.717) is 11.3 Å². The molecule has 2 aromatic carbocycles. The van der Waals surface area contributed by atoms with Gasteiger partial charge in [-0.15, -0.1) is 0 Å². The maximum absolute atomic E-state index is 15.0. The summed E-state index contributed by atoms with van der Waals surface area (Å²) in [5, 5.41) is 13.2. The number of nitrogens with zero attached hydrogens (tertiary/aromatic N) is 2. The van der Waals surface area contributed by atoms with Crippen LogP contribution in [0.1, 0.15) is 18.9 Å².